The highest BCUT2D eigenvalue weighted by Gasteiger charge is 2.22. The Bertz CT molecular complexity index is 3690. The lowest BCUT2D eigenvalue weighted by molar-refractivity contribution is 1.17. The first-order valence-corrected chi connectivity index (χ1v) is 21.0. The summed E-state index contributed by atoms with van der Waals surface area (Å²) in [7, 11) is 0. The van der Waals surface area contributed by atoms with Crippen molar-refractivity contribution in [2.45, 2.75) is 0 Å². The summed E-state index contributed by atoms with van der Waals surface area (Å²) >= 11 is 0. The van der Waals surface area contributed by atoms with Crippen LogP contribution < -0.4 is 4.90 Å². The van der Waals surface area contributed by atoms with Gasteiger partial charge < -0.3 is 14.0 Å². The number of rotatable bonds is 6. The molecule has 0 aliphatic heterocycles. The molecule has 0 aliphatic carbocycles. The molecule has 2 aromatic heterocycles. The third-order valence-corrected chi connectivity index (χ3v) is 12.8. The molecule has 0 N–H and O–H groups in total. The molecule has 0 aliphatic rings. The second-order valence-electron chi connectivity index (χ2n) is 16.1. The summed E-state index contributed by atoms with van der Waals surface area (Å²) in [5.41, 5.74) is 13.0. The second kappa shape index (κ2) is 13.2. The van der Waals surface area contributed by atoms with Crippen LogP contribution in [0.2, 0.25) is 0 Å². The van der Waals surface area contributed by atoms with Crippen molar-refractivity contribution in [2.75, 3.05) is 4.90 Å². The summed E-state index contributed by atoms with van der Waals surface area (Å²) in [5, 5.41) is 12.7. The van der Waals surface area contributed by atoms with Gasteiger partial charge in [-0.25, -0.2) is 0 Å². The molecule has 61 heavy (non-hydrogen) atoms. The Labute approximate surface area is 352 Å². The molecule has 0 atom stereocenters. The van der Waals surface area contributed by atoms with Crippen LogP contribution in [0.15, 0.2) is 224 Å². The zero-order valence-electron chi connectivity index (χ0n) is 33.2. The molecule has 13 aromatic rings. The van der Waals surface area contributed by atoms with Gasteiger partial charge in [0.1, 0.15) is 0 Å². The number of para-hydroxylation sites is 5. The third kappa shape index (κ3) is 5.04. The fraction of sp³-hybridized carbons (Fsp3) is 0. The zero-order chi connectivity index (χ0) is 40.0. The monoisotopic (exact) mass is 775 g/mol. The fourth-order valence-corrected chi connectivity index (χ4v) is 10.2. The van der Waals surface area contributed by atoms with Crippen LogP contribution in [0.1, 0.15) is 0 Å². The van der Waals surface area contributed by atoms with Crippen molar-refractivity contribution in [2.24, 2.45) is 0 Å². The molecule has 284 valence electrons. The topological polar surface area (TPSA) is 13.1 Å². The van der Waals surface area contributed by atoms with Crippen LogP contribution in [0.25, 0.3) is 98.4 Å². The van der Waals surface area contributed by atoms with E-state index in [9.17, 15) is 0 Å². The van der Waals surface area contributed by atoms with E-state index in [2.05, 4.69) is 238 Å². The molecular formula is C58H37N3. The van der Waals surface area contributed by atoms with Crippen LogP contribution in [-0.4, -0.2) is 9.13 Å². The summed E-state index contributed by atoms with van der Waals surface area (Å²) in [6.45, 7) is 0. The van der Waals surface area contributed by atoms with Crippen molar-refractivity contribution in [1.82, 2.24) is 9.13 Å². The molecular weight excluding hydrogens is 739 g/mol. The van der Waals surface area contributed by atoms with Gasteiger partial charge in [-0.1, -0.05) is 140 Å². The maximum atomic E-state index is 2.48. The number of anilines is 3. The van der Waals surface area contributed by atoms with E-state index in [1.165, 1.54) is 87.1 Å². The van der Waals surface area contributed by atoms with Gasteiger partial charge in [0.15, 0.2) is 0 Å². The first-order chi connectivity index (χ1) is 30.3. The summed E-state index contributed by atoms with van der Waals surface area (Å²) < 4.78 is 4.91. The third-order valence-electron chi connectivity index (χ3n) is 12.8. The lowest BCUT2D eigenvalue weighted by atomic mass is 9.89. The van der Waals surface area contributed by atoms with E-state index in [0.717, 1.165) is 28.4 Å². The Kier molecular flexibility index (Phi) is 7.31. The molecule has 2 heterocycles. The number of hydrogen-bond donors (Lipinski definition) is 0. The molecule has 0 amide bonds. The van der Waals surface area contributed by atoms with Crippen LogP contribution in [-0.2, 0) is 0 Å². The van der Waals surface area contributed by atoms with Crippen LogP contribution in [0.4, 0.5) is 17.1 Å². The van der Waals surface area contributed by atoms with E-state index < -0.39 is 0 Å². The Morgan fingerprint density at radius 1 is 0.295 bits per heavy atom. The Morgan fingerprint density at radius 2 is 0.836 bits per heavy atom. The van der Waals surface area contributed by atoms with Crippen LogP contribution in [0.3, 0.4) is 0 Å². The zero-order valence-corrected chi connectivity index (χ0v) is 33.2. The maximum Gasteiger partial charge on any atom is 0.0620 e. The van der Waals surface area contributed by atoms with E-state index in [1.807, 2.05) is 0 Å². The predicted molar refractivity (Wildman–Crippen MR) is 259 cm³/mol. The van der Waals surface area contributed by atoms with E-state index in [1.54, 1.807) is 0 Å². The van der Waals surface area contributed by atoms with Crippen LogP contribution in [0, 0.1) is 0 Å². The first kappa shape index (κ1) is 33.8. The first-order valence-electron chi connectivity index (χ1n) is 21.0. The number of aromatic nitrogens is 2. The van der Waals surface area contributed by atoms with Crippen LogP contribution in [0.5, 0.6) is 0 Å². The van der Waals surface area contributed by atoms with Gasteiger partial charge in [-0.05, 0) is 123 Å². The van der Waals surface area contributed by atoms with E-state index in [0.29, 0.717) is 0 Å². The Hall–Kier alpha value is -8.14. The second-order valence-corrected chi connectivity index (χ2v) is 16.1. The quantitative estimate of drug-likeness (QED) is 0.153. The lowest BCUT2D eigenvalue weighted by Crippen LogP contribution is -2.09. The highest BCUT2D eigenvalue weighted by Crippen LogP contribution is 2.46. The van der Waals surface area contributed by atoms with Gasteiger partial charge in [-0.15, -0.1) is 0 Å². The molecule has 0 spiro atoms. The van der Waals surface area contributed by atoms with Crippen molar-refractivity contribution in [1.29, 1.82) is 0 Å². The summed E-state index contributed by atoms with van der Waals surface area (Å²) in [6, 6.07) is 82.1. The maximum absolute atomic E-state index is 2.48. The minimum Gasteiger partial charge on any atom is -0.311 e. The highest BCUT2D eigenvalue weighted by molar-refractivity contribution is 6.33. The predicted octanol–water partition coefficient (Wildman–Crippen LogP) is 15.9. The number of benzene rings is 11. The molecule has 0 saturated heterocycles. The van der Waals surface area contributed by atoms with Gasteiger partial charge in [0.2, 0.25) is 0 Å². The van der Waals surface area contributed by atoms with Crippen molar-refractivity contribution in [3.8, 4) is 22.5 Å². The largest absolute Gasteiger partial charge is 0.311 e. The fourth-order valence-electron chi connectivity index (χ4n) is 10.2. The number of fused-ring (bicyclic) bond motifs is 7. The minimum atomic E-state index is 1.12. The average molecular weight is 776 g/mol. The van der Waals surface area contributed by atoms with Gasteiger partial charge in [0.05, 0.1) is 22.1 Å². The number of nitrogens with zero attached hydrogens (tertiary/aromatic N) is 3. The van der Waals surface area contributed by atoms with Crippen molar-refractivity contribution >= 4 is 93.0 Å². The molecule has 0 fully saturated rings. The van der Waals surface area contributed by atoms with E-state index in [4.69, 9.17) is 0 Å². The van der Waals surface area contributed by atoms with Gasteiger partial charge in [-0.3, -0.25) is 0 Å². The summed E-state index contributed by atoms with van der Waals surface area (Å²) in [5.74, 6) is 0. The summed E-state index contributed by atoms with van der Waals surface area (Å²) in [4.78, 5) is 2.32. The molecule has 0 unspecified atom stereocenters. The average Bonchev–Trinajstić information content (AvgIpc) is 3.84. The summed E-state index contributed by atoms with van der Waals surface area (Å²) in [6.07, 6.45) is 0. The van der Waals surface area contributed by atoms with Gasteiger partial charge in [-0.2, -0.15) is 0 Å². The number of hydrogen-bond acceptors (Lipinski definition) is 1. The molecule has 11 aromatic carbocycles. The van der Waals surface area contributed by atoms with E-state index >= 15 is 0 Å². The van der Waals surface area contributed by atoms with Crippen molar-refractivity contribution in [3.05, 3.63) is 224 Å². The van der Waals surface area contributed by atoms with Gasteiger partial charge >= 0.3 is 0 Å². The van der Waals surface area contributed by atoms with Crippen LogP contribution >= 0.6 is 0 Å². The lowest BCUT2D eigenvalue weighted by Gasteiger charge is -2.25. The normalized spacial score (nSPS) is 11.9. The standard InChI is InChI=1S/C58H37N3/c1-4-14-41(15-5-1)59(42-16-6-2-7-17-42)44-29-24-38(25-30-44)46-32-26-39-27-34-50-57-40(28-33-49(46)56(39)57)36-52-51-37-45(31-35-55(51)61(58(50)52)43-18-8-3-9-19-43)60-53-22-12-10-20-47(53)48-21-11-13-23-54(48)60/h1-37H. The molecule has 0 radical (unpaired) electrons. The van der Waals surface area contributed by atoms with E-state index in [-0.39, 0.29) is 0 Å². The highest BCUT2D eigenvalue weighted by atomic mass is 15.1. The molecule has 0 saturated carbocycles. The minimum absolute atomic E-state index is 1.12. The molecule has 3 nitrogen and oxygen atoms in total. The van der Waals surface area contributed by atoms with Crippen molar-refractivity contribution < 1.29 is 0 Å². The Morgan fingerprint density at radius 3 is 1.52 bits per heavy atom. The molecule has 13 rings (SSSR count). The smallest absolute Gasteiger partial charge is 0.0620 e. The molecule has 0 bridgehead atoms. The molecule has 3 heteroatoms. The van der Waals surface area contributed by atoms with Gasteiger partial charge in [0, 0.05) is 55.4 Å². The SMILES string of the molecule is c1ccc(N(c2ccccc2)c2ccc(-c3ccc4ccc5c6c(ccc3c46)cc3c4cc(-n6c7ccccc7c7ccccc76)ccc4n(-c4ccccc4)c35)cc2)cc1. The Balaban J connectivity index is 1.03. The van der Waals surface area contributed by atoms with Gasteiger partial charge in [0.25, 0.3) is 0 Å². The van der Waals surface area contributed by atoms with Crippen molar-refractivity contribution in [3.63, 3.8) is 0 Å².